The quantitative estimate of drug-likeness (QED) is 0.878. The van der Waals surface area contributed by atoms with Crippen molar-refractivity contribution in [3.8, 4) is 0 Å². The lowest BCUT2D eigenvalue weighted by molar-refractivity contribution is 0.0929. The van der Waals surface area contributed by atoms with Crippen molar-refractivity contribution in [1.29, 1.82) is 0 Å². The summed E-state index contributed by atoms with van der Waals surface area (Å²) in [6.07, 6.45) is 1.89. The average Bonchev–Trinajstić information content (AvgIpc) is 2.92. The van der Waals surface area contributed by atoms with E-state index in [1.165, 1.54) is 0 Å². The number of carbonyl (C=O) groups excluding carboxylic acids is 1. The highest BCUT2D eigenvalue weighted by atomic mass is 32.1. The molecule has 1 unspecified atom stereocenters. The van der Waals surface area contributed by atoms with Crippen LogP contribution in [0.4, 0.5) is 5.82 Å². The number of amides is 1. The summed E-state index contributed by atoms with van der Waals surface area (Å²) >= 11 is 1.64. The Labute approximate surface area is 115 Å². The predicted octanol–water partition coefficient (Wildman–Crippen LogP) is 2.39. The number of nitrogens with zero attached hydrogens (tertiary/aromatic N) is 2. The van der Waals surface area contributed by atoms with Crippen molar-refractivity contribution in [3.63, 3.8) is 0 Å². The van der Waals surface area contributed by atoms with Gasteiger partial charge in [0, 0.05) is 4.88 Å². The Morgan fingerprint density at radius 2 is 2.26 bits per heavy atom. The molecule has 2 heterocycles. The van der Waals surface area contributed by atoms with Crippen LogP contribution in [0.2, 0.25) is 0 Å². The number of anilines is 1. The Bertz CT molecular complexity index is 524. The van der Waals surface area contributed by atoms with E-state index in [0.29, 0.717) is 5.82 Å². The van der Waals surface area contributed by atoms with Gasteiger partial charge < -0.3 is 11.1 Å². The van der Waals surface area contributed by atoms with E-state index >= 15 is 0 Å². The zero-order chi connectivity index (χ0) is 13.7. The molecule has 19 heavy (non-hydrogen) atoms. The standard InChI is InChI=1S/C13H16N4OS/c1-2-4-9(11-5-3-8-19-11)15-13(18)10-6-7-12(14)17-16-10/h3,5-9H,2,4H2,1H3,(H2,14,17)(H,15,18). The zero-order valence-electron chi connectivity index (χ0n) is 10.7. The molecule has 2 aromatic heterocycles. The molecule has 0 spiro atoms. The Kier molecular flexibility index (Phi) is 4.46. The molecule has 0 aliphatic carbocycles. The van der Waals surface area contributed by atoms with Crippen molar-refractivity contribution in [2.45, 2.75) is 25.8 Å². The van der Waals surface area contributed by atoms with Crippen molar-refractivity contribution in [2.24, 2.45) is 0 Å². The molecule has 0 aromatic carbocycles. The minimum absolute atomic E-state index is 0.0249. The van der Waals surface area contributed by atoms with Gasteiger partial charge in [-0.25, -0.2) is 0 Å². The van der Waals surface area contributed by atoms with Gasteiger partial charge in [0.25, 0.3) is 5.91 Å². The SMILES string of the molecule is CCCC(NC(=O)c1ccc(N)nn1)c1cccs1. The maximum atomic E-state index is 12.1. The van der Waals surface area contributed by atoms with E-state index in [2.05, 4.69) is 22.4 Å². The molecule has 0 saturated carbocycles. The third-order valence-corrected chi connectivity index (χ3v) is 3.67. The number of thiophene rings is 1. The topological polar surface area (TPSA) is 80.9 Å². The Hall–Kier alpha value is -1.95. The average molecular weight is 276 g/mol. The molecule has 3 N–H and O–H groups in total. The Morgan fingerprint density at radius 3 is 2.84 bits per heavy atom. The highest BCUT2D eigenvalue weighted by molar-refractivity contribution is 7.10. The molecule has 100 valence electrons. The summed E-state index contributed by atoms with van der Waals surface area (Å²) < 4.78 is 0. The molecule has 0 radical (unpaired) electrons. The summed E-state index contributed by atoms with van der Waals surface area (Å²) in [6.45, 7) is 2.09. The molecule has 0 saturated heterocycles. The van der Waals surface area contributed by atoms with E-state index in [0.717, 1.165) is 17.7 Å². The number of carbonyl (C=O) groups is 1. The molecule has 1 atom stereocenters. The second-order valence-corrected chi connectivity index (χ2v) is 5.15. The van der Waals surface area contributed by atoms with Crippen molar-refractivity contribution < 1.29 is 4.79 Å². The molecule has 0 bridgehead atoms. The van der Waals surface area contributed by atoms with Crippen LogP contribution in [-0.2, 0) is 0 Å². The third kappa shape index (κ3) is 3.51. The fourth-order valence-corrected chi connectivity index (χ4v) is 2.57. The van der Waals surface area contributed by atoms with Crippen LogP contribution in [-0.4, -0.2) is 16.1 Å². The summed E-state index contributed by atoms with van der Waals surface area (Å²) in [5, 5.41) is 12.5. The molecule has 5 nitrogen and oxygen atoms in total. The summed E-state index contributed by atoms with van der Waals surface area (Å²) in [6, 6.07) is 7.19. The largest absolute Gasteiger partial charge is 0.382 e. The lowest BCUT2D eigenvalue weighted by Gasteiger charge is -2.16. The number of nitrogens with one attached hydrogen (secondary N) is 1. The summed E-state index contributed by atoms with van der Waals surface area (Å²) in [5.41, 5.74) is 5.73. The monoisotopic (exact) mass is 276 g/mol. The first-order valence-corrected chi connectivity index (χ1v) is 7.02. The second kappa shape index (κ2) is 6.29. The van der Waals surface area contributed by atoms with Crippen molar-refractivity contribution in [2.75, 3.05) is 5.73 Å². The normalized spacial score (nSPS) is 12.1. The molecular weight excluding hydrogens is 260 g/mol. The van der Waals surface area contributed by atoms with E-state index in [4.69, 9.17) is 5.73 Å². The third-order valence-electron chi connectivity index (χ3n) is 2.69. The van der Waals surface area contributed by atoms with Crippen LogP contribution in [0.15, 0.2) is 29.6 Å². The number of nitrogen functional groups attached to an aromatic ring is 1. The van der Waals surface area contributed by atoms with Crippen LogP contribution < -0.4 is 11.1 Å². The molecule has 6 heteroatoms. The first kappa shape index (κ1) is 13.5. The molecule has 0 aliphatic heterocycles. The Morgan fingerprint density at radius 1 is 1.42 bits per heavy atom. The summed E-state index contributed by atoms with van der Waals surface area (Å²) in [4.78, 5) is 13.2. The fourth-order valence-electron chi connectivity index (χ4n) is 1.76. The van der Waals surface area contributed by atoms with Gasteiger partial charge in [-0.1, -0.05) is 19.4 Å². The summed E-state index contributed by atoms with van der Waals surface area (Å²) in [7, 11) is 0. The molecule has 2 rings (SSSR count). The van der Waals surface area contributed by atoms with Gasteiger partial charge in [-0.15, -0.1) is 21.5 Å². The molecule has 0 aliphatic rings. The van der Waals surface area contributed by atoms with Crippen molar-refractivity contribution in [3.05, 3.63) is 40.2 Å². The number of aromatic nitrogens is 2. The van der Waals surface area contributed by atoms with Gasteiger partial charge in [-0.3, -0.25) is 4.79 Å². The lowest BCUT2D eigenvalue weighted by Crippen LogP contribution is -2.29. The minimum atomic E-state index is -0.223. The number of hydrogen-bond acceptors (Lipinski definition) is 5. The van der Waals surface area contributed by atoms with E-state index in [9.17, 15) is 4.79 Å². The Balaban J connectivity index is 2.09. The smallest absolute Gasteiger partial charge is 0.272 e. The first-order valence-electron chi connectivity index (χ1n) is 6.14. The van der Waals surface area contributed by atoms with Gasteiger partial charge in [0.15, 0.2) is 5.69 Å². The van der Waals surface area contributed by atoms with E-state index in [1.54, 1.807) is 23.5 Å². The van der Waals surface area contributed by atoms with Crippen LogP contribution in [0.3, 0.4) is 0 Å². The highest BCUT2D eigenvalue weighted by Gasteiger charge is 2.16. The maximum absolute atomic E-state index is 12.1. The summed E-state index contributed by atoms with van der Waals surface area (Å²) in [5.74, 6) is 0.0827. The molecule has 0 fully saturated rings. The second-order valence-electron chi connectivity index (χ2n) is 4.17. The van der Waals surface area contributed by atoms with Crippen LogP contribution in [0.1, 0.15) is 41.2 Å². The van der Waals surface area contributed by atoms with Crippen LogP contribution in [0.5, 0.6) is 0 Å². The van der Waals surface area contributed by atoms with Gasteiger partial charge in [-0.2, -0.15) is 0 Å². The van der Waals surface area contributed by atoms with Gasteiger partial charge in [0.2, 0.25) is 0 Å². The first-order chi connectivity index (χ1) is 9.20. The maximum Gasteiger partial charge on any atom is 0.272 e. The van der Waals surface area contributed by atoms with E-state index in [1.807, 2.05) is 17.5 Å². The molecular formula is C13H16N4OS. The fraction of sp³-hybridized carbons (Fsp3) is 0.308. The molecule has 1 amide bonds. The van der Waals surface area contributed by atoms with Crippen molar-refractivity contribution >= 4 is 23.1 Å². The predicted molar refractivity (Wildman–Crippen MR) is 75.9 cm³/mol. The van der Waals surface area contributed by atoms with Gasteiger partial charge in [0.1, 0.15) is 5.82 Å². The van der Waals surface area contributed by atoms with Gasteiger partial charge in [0.05, 0.1) is 6.04 Å². The molecule has 2 aromatic rings. The van der Waals surface area contributed by atoms with Gasteiger partial charge >= 0.3 is 0 Å². The van der Waals surface area contributed by atoms with Crippen LogP contribution >= 0.6 is 11.3 Å². The van der Waals surface area contributed by atoms with Crippen LogP contribution in [0, 0.1) is 0 Å². The van der Waals surface area contributed by atoms with Crippen LogP contribution in [0.25, 0.3) is 0 Å². The number of rotatable bonds is 5. The minimum Gasteiger partial charge on any atom is -0.382 e. The zero-order valence-corrected chi connectivity index (χ0v) is 11.5. The van der Waals surface area contributed by atoms with Crippen molar-refractivity contribution in [1.82, 2.24) is 15.5 Å². The van der Waals surface area contributed by atoms with E-state index < -0.39 is 0 Å². The van der Waals surface area contributed by atoms with E-state index in [-0.39, 0.29) is 17.6 Å². The van der Waals surface area contributed by atoms with Gasteiger partial charge in [-0.05, 0) is 30.0 Å². The highest BCUT2D eigenvalue weighted by Crippen LogP contribution is 2.23. The number of hydrogen-bond donors (Lipinski definition) is 2. The lowest BCUT2D eigenvalue weighted by atomic mass is 10.1. The number of nitrogens with two attached hydrogens (primary N) is 1.